The highest BCUT2D eigenvalue weighted by molar-refractivity contribution is 7.62. The third-order valence-corrected chi connectivity index (χ3v) is 11.8. The molecule has 0 radical (unpaired) electrons. The zero-order valence-corrected chi connectivity index (χ0v) is 32.3. The first-order chi connectivity index (χ1) is 22.8. The molecule has 0 aliphatic rings. The Hall–Kier alpha value is -0.630. The van der Waals surface area contributed by atoms with Crippen LogP contribution in [-0.4, -0.2) is 19.4 Å². The molecule has 0 saturated heterocycles. The number of para-hydroxylation sites is 1. The van der Waals surface area contributed by atoms with Gasteiger partial charge in [0.2, 0.25) is 0 Å². The van der Waals surface area contributed by atoms with Gasteiger partial charge in [-0.1, -0.05) is 206 Å². The Balaban J connectivity index is 2.56. The molecular formula is C42H80O3P+. The second kappa shape index (κ2) is 34.2. The van der Waals surface area contributed by atoms with E-state index in [2.05, 4.69) is 51.1 Å². The number of benzene rings is 1. The molecule has 0 aliphatic carbocycles. The van der Waals surface area contributed by atoms with Gasteiger partial charge in [0.05, 0.1) is 13.2 Å². The van der Waals surface area contributed by atoms with Crippen molar-refractivity contribution in [3.05, 3.63) is 30.3 Å². The van der Waals surface area contributed by atoms with Crippen molar-refractivity contribution in [1.82, 2.24) is 0 Å². The Morgan fingerprint density at radius 3 is 1.02 bits per heavy atom. The molecule has 0 saturated carbocycles. The highest BCUT2D eigenvalue weighted by Gasteiger charge is 2.46. The van der Waals surface area contributed by atoms with E-state index in [1.54, 1.807) is 0 Å². The van der Waals surface area contributed by atoms with E-state index in [1.807, 2.05) is 0 Å². The SMILES string of the molecule is CCCCCCCCCCCCO[P+](CCCCCCCCCCCC)(OCCCCCCCCCCCC)Oc1ccccc1. The van der Waals surface area contributed by atoms with E-state index in [0.29, 0.717) is 0 Å². The molecule has 46 heavy (non-hydrogen) atoms. The zero-order valence-electron chi connectivity index (χ0n) is 31.4. The summed E-state index contributed by atoms with van der Waals surface area (Å²) in [6, 6.07) is 10.3. The van der Waals surface area contributed by atoms with Crippen LogP contribution in [0.3, 0.4) is 0 Å². The Morgan fingerprint density at radius 2 is 0.674 bits per heavy atom. The lowest BCUT2D eigenvalue weighted by molar-refractivity contribution is 0.174. The van der Waals surface area contributed by atoms with Gasteiger partial charge in [-0.2, -0.15) is 9.05 Å². The number of unbranched alkanes of at least 4 members (excludes halogenated alkanes) is 27. The van der Waals surface area contributed by atoms with Gasteiger partial charge in [-0.05, 0) is 37.8 Å². The van der Waals surface area contributed by atoms with Crippen molar-refractivity contribution in [3.63, 3.8) is 0 Å². The van der Waals surface area contributed by atoms with Gasteiger partial charge in [-0.25, -0.2) is 0 Å². The van der Waals surface area contributed by atoms with Crippen LogP contribution in [0.2, 0.25) is 0 Å². The fraction of sp³-hybridized carbons (Fsp3) is 0.857. The number of hydrogen-bond donors (Lipinski definition) is 0. The van der Waals surface area contributed by atoms with Gasteiger partial charge in [0, 0.05) is 0 Å². The Labute approximate surface area is 289 Å². The quantitative estimate of drug-likeness (QED) is 0.0524. The molecule has 0 amide bonds. The summed E-state index contributed by atoms with van der Waals surface area (Å²) in [7, 11) is -2.45. The maximum absolute atomic E-state index is 6.75. The smallest absolute Gasteiger partial charge is 0.287 e. The first-order valence-corrected chi connectivity index (χ1v) is 22.4. The minimum Gasteiger partial charge on any atom is -0.287 e. The third-order valence-electron chi connectivity index (χ3n) is 9.34. The first kappa shape index (κ1) is 43.4. The van der Waals surface area contributed by atoms with E-state index in [9.17, 15) is 0 Å². The summed E-state index contributed by atoms with van der Waals surface area (Å²) in [6.45, 7) is 8.40. The number of hydrogen-bond acceptors (Lipinski definition) is 3. The average molecular weight is 664 g/mol. The lowest BCUT2D eigenvalue weighted by Crippen LogP contribution is -2.15. The van der Waals surface area contributed by atoms with Crippen molar-refractivity contribution in [2.45, 2.75) is 213 Å². The molecule has 270 valence electrons. The van der Waals surface area contributed by atoms with Crippen LogP contribution in [0.1, 0.15) is 213 Å². The van der Waals surface area contributed by atoms with Gasteiger partial charge in [0.1, 0.15) is 6.16 Å². The largest absolute Gasteiger partial charge is 0.456 e. The summed E-state index contributed by atoms with van der Waals surface area (Å²) in [6.07, 6.45) is 41.1. The molecule has 0 aliphatic heterocycles. The van der Waals surface area contributed by atoms with Crippen LogP contribution in [0.4, 0.5) is 0 Å². The maximum Gasteiger partial charge on any atom is 0.456 e. The monoisotopic (exact) mass is 664 g/mol. The Kier molecular flexibility index (Phi) is 32.3. The predicted molar refractivity (Wildman–Crippen MR) is 206 cm³/mol. The molecule has 4 heteroatoms. The highest BCUT2D eigenvalue weighted by Crippen LogP contribution is 2.62. The molecule has 0 aromatic heterocycles. The highest BCUT2D eigenvalue weighted by atomic mass is 31.2. The molecule has 1 aromatic carbocycles. The van der Waals surface area contributed by atoms with E-state index in [4.69, 9.17) is 13.6 Å². The predicted octanol–water partition coefficient (Wildman–Crippen LogP) is 15.6. The molecule has 0 unspecified atom stereocenters. The molecule has 0 atom stereocenters. The van der Waals surface area contributed by atoms with Crippen molar-refractivity contribution < 1.29 is 13.6 Å². The van der Waals surface area contributed by atoms with Crippen molar-refractivity contribution in [1.29, 1.82) is 0 Å². The molecule has 0 heterocycles. The van der Waals surface area contributed by atoms with E-state index < -0.39 is 7.94 Å². The van der Waals surface area contributed by atoms with Crippen LogP contribution >= 0.6 is 7.94 Å². The maximum atomic E-state index is 6.75. The van der Waals surface area contributed by atoms with Crippen LogP contribution in [0.15, 0.2) is 30.3 Å². The van der Waals surface area contributed by atoms with E-state index in [-0.39, 0.29) is 0 Å². The summed E-state index contributed by atoms with van der Waals surface area (Å²) in [4.78, 5) is 0. The fourth-order valence-electron chi connectivity index (χ4n) is 6.29. The Morgan fingerprint density at radius 1 is 0.370 bits per heavy atom. The average Bonchev–Trinajstić information content (AvgIpc) is 3.07. The van der Waals surface area contributed by atoms with Gasteiger partial charge in [-0.3, -0.25) is 4.52 Å². The van der Waals surface area contributed by atoms with Crippen molar-refractivity contribution in [2.75, 3.05) is 19.4 Å². The van der Waals surface area contributed by atoms with Gasteiger partial charge in [0.25, 0.3) is 0 Å². The normalized spacial score (nSPS) is 11.8. The molecular weight excluding hydrogens is 583 g/mol. The van der Waals surface area contributed by atoms with Crippen molar-refractivity contribution >= 4 is 7.94 Å². The topological polar surface area (TPSA) is 27.7 Å². The second-order valence-electron chi connectivity index (χ2n) is 14.0. The van der Waals surface area contributed by atoms with E-state index in [1.165, 1.54) is 173 Å². The van der Waals surface area contributed by atoms with Gasteiger partial charge in [-0.15, -0.1) is 0 Å². The lowest BCUT2D eigenvalue weighted by atomic mass is 10.1. The molecule has 0 N–H and O–H groups in total. The van der Waals surface area contributed by atoms with Crippen LogP contribution in [0, 0.1) is 0 Å². The molecule has 0 bridgehead atoms. The fourth-order valence-corrected chi connectivity index (χ4v) is 8.68. The minimum atomic E-state index is -2.45. The lowest BCUT2D eigenvalue weighted by Gasteiger charge is -2.23. The molecule has 0 spiro atoms. The molecule has 1 rings (SSSR count). The second-order valence-corrected chi connectivity index (χ2v) is 16.3. The minimum absolute atomic E-state index is 0.757. The zero-order chi connectivity index (χ0) is 33.1. The molecule has 0 fully saturated rings. The van der Waals surface area contributed by atoms with Crippen LogP contribution in [-0.2, 0) is 9.05 Å². The van der Waals surface area contributed by atoms with E-state index in [0.717, 1.165) is 44.4 Å². The van der Waals surface area contributed by atoms with Crippen LogP contribution in [0.5, 0.6) is 5.75 Å². The van der Waals surface area contributed by atoms with Crippen LogP contribution < -0.4 is 4.52 Å². The molecule has 3 nitrogen and oxygen atoms in total. The van der Waals surface area contributed by atoms with Crippen molar-refractivity contribution in [3.8, 4) is 5.75 Å². The Bertz CT molecular complexity index is 686. The molecule has 1 aromatic rings. The summed E-state index contributed by atoms with van der Waals surface area (Å²) >= 11 is 0. The summed E-state index contributed by atoms with van der Waals surface area (Å²) < 4.78 is 20.2. The van der Waals surface area contributed by atoms with E-state index >= 15 is 0 Å². The van der Waals surface area contributed by atoms with Gasteiger partial charge in [0.15, 0.2) is 5.75 Å². The summed E-state index contributed by atoms with van der Waals surface area (Å²) in [5.41, 5.74) is 0. The summed E-state index contributed by atoms with van der Waals surface area (Å²) in [5.74, 6) is 0.897. The first-order valence-electron chi connectivity index (χ1n) is 20.7. The van der Waals surface area contributed by atoms with Crippen LogP contribution in [0.25, 0.3) is 0 Å². The third kappa shape index (κ3) is 27.3. The van der Waals surface area contributed by atoms with Crippen molar-refractivity contribution in [2.24, 2.45) is 0 Å². The summed E-state index contributed by atoms with van der Waals surface area (Å²) in [5, 5.41) is 0. The number of rotatable bonds is 37. The standard InChI is InChI=1S/C42H80O3P/c1-4-7-10-13-16-19-22-25-28-34-39-43-46(45-42-37-32-31-33-38-42,41-36-30-27-24-21-18-15-12-9-6-3)44-40-35-29-26-23-20-17-14-11-8-5-2/h31-33,37-38H,4-30,34-36,39-41H2,1-3H3/q+1. The van der Waals surface area contributed by atoms with Gasteiger partial charge < -0.3 is 0 Å². The van der Waals surface area contributed by atoms with Gasteiger partial charge >= 0.3 is 7.94 Å².